The Balaban J connectivity index is 1.40. The summed E-state index contributed by atoms with van der Waals surface area (Å²) in [5.41, 5.74) is 2.40. The van der Waals surface area contributed by atoms with E-state index in [1.54, 1.807) is 0 Å². The van der Waals surface area contributed by atoms with Crippen LogP contribution in [0.15, 0.2) is 54.6 Å². The van der Waals surface area contributed by atoms with E-state index >= 15 is 0 Å². The van der Waals surface area contributed by atoms with E-state index in [2.05, 4.69) is 17.4 Å². The highest BCUT2D eigenvalue weighted by Crippen LogP contribution is 2.60. The molecule has 2 amide bonds. The van der Waals surface area contributed by atoms with Crippen LogP contribution in [0.4, 0.5) is 5.69 Å². The Hall–Kier alpha value is -2.87. The number of carbonyl (C=O) groups excluding carboxylic acids is 2. The molecule has 2 aromatic carbocycles. The van der Waals surface area contributed by atoms with Gasteiger partial charge in [-0.2, -0.15) is 0 Å². The molecular weight excluding hydrogens is 546 g/mol. The highest BCUT2D eigenvalue weighted by Gasteiger charge is 2.51. The van der Waals surface area contributed by atoms with Crippen molar-refractivity contribution in [3.63, 3.8) is 0 Å². The smallest absolute Gasteiger partial charge is 0.244 e. The average Bonchev–Trinajstić information content (AvgIpc) is 2.90. The number of hydrogen-bond acceptors (Lipinski definition) is 4. The van der Waals surface area contributed by atoms with Crippen molar-refractivity contribution in [3.8, 4) is 0 Å². The lowest BCUT2D eigenvalue weighted by atomic mass is 9.48. The fourth-order valence-electron chi connectivity index (χ4n) is 8.21. The molecule has 7 nitrogen and oxygen atoms in total. The zero-order valence-electron chi connectivity index (χ0n) is 25.8. The minimum Gasteiger partial charge on any atom is -0.350 e. The van der Waals surface area contributed by atoms with Gasteiger partial charge in [-0.15, -0.1) is 0 Å². The standard InChI is InChI=1S/C34H47N3O4S/c1-6-30(32(39)35-33(2,3)4)36(22-24-10-8-7-9-11-24)31(38)23-37(42(5,40)41)29-14-12-28(13-15-29)34-19-25-16-26(20-34)18-27(17-25)21-34/h7-15,25-27,30H,6,16-23H2,1-5H3,(H,35,39)/t25?,26?,27?,30-,34?/m1/s1. The fraction of sp³-hybridized carbons (Fsp3) is 0.588. The Labute approximate surface area is 252 Å². The van der Waals surface area contributed by atoms with E-state index in [0.717, 1.165) is 29.6 Å². The predicted molar refractivity (Wildman–Crippen MR) is 167 cm³/mol. The third-order valence-corrected chi connectivity index (χ3v) is 10.7. The van der Waals surface area contributed by atoms with Gasteiger partial charge in [0.15, 0.2) is 0 Å². The highest BCUT2D eigenvalue weighted by atomic mass is 32.2. The normalized spacial score (nSPS) is 25.6. The van der Waals surface area contributed by atoms with E-state index in [0.29, 0.717) is 12.1 Å². The van der Waals surface area contributed by atoms with Gasteiger partial charge in [-0.25, -0.2) is 8.42 Å². The second-order valence-electron chi connectivity index (χ2n) is 14.2. The summed E-state index contributed by atoms with van der Waals surface area (Å²) in [6.07, 6.45) is 9.34. The largest absolute Gasteiger partial charge is 0.350 e. The van der Waals surface area contributed by atoms with Crippen LogP contribution in [0.3, 0.4) is 0 Å². The number of benzene rings is 2. The second-order valence-corrected chi connectivity index (χ2v) is 16.1. The van der Waals surface area contributed by atoms with Crippen LogP contribution in [0.1, 0.15) is 83.8 Å². The first-order chi connectivity index (χ1) is 19.8. The number of rotatable bonds is 10. The average molecular weight is 594 g/mol. The van der Waals surface area contributed by atoms with Crippen LogP contribution in [0, 0.1) is 17.8 Å². The summed E-state index contributed by atoms with van der Waals surface area (Å²) in [7, 11) is -3.77. The molecule has 4 aliphatic carbocycles. The van der Waals surface area contributed by atoms with Crippen molar-refractivity contribution < 1.29 is 18.0 Å². The molecule has 4 aliphatic rings. The first-order valence-electron chi connectivity index (χ1n) is 15.5. The number of anilines is 1. The summed E-state index contributed by atoms with van der Waals surface area (Å²) < 4.78 is 27.4. The van der Waals surface area contributed by atoms with Gasteiger partial charge in [0.05, 0.1) is 11.9 Å². The Bertz CT molecular complexity index is 1350. The number of amides is 2. The van der Waals surface area contributed by atoms with Crippen LogP contribution in [0.5, 0.6) is 0 Å². The fourth-order valence-corrected chi connectivity index (χ4v) is 9.06. The van der Waals surface area contributed by atoms with Crippen molar-refractivity contribution >= 4 is 27.5 Å². The van der Waals surface area contributed by atoms with E-state index < -0.39 is 27.5 Å². The van der Waals surface area contributed by atoms with Crippen LogP contribution in [-0.2, 0) is 31.6 Å². The first kappa shape index (κ1) is 30.6. The molecule has 1 atom stereocenters. The molecule has 4 fully saturated rings. The van der Waals surface area contributed by atoms with E-state index in [-0.39, 0.29) is 24.4 Å². The van der Waals surface area contributed by atoms with Gasteiger partial charge in [-0.05, 0) is 112 Å². The third kappa shape index (κ3) is 6.69. The molecule has 0 aromatic heterocycles. The van der Waals surface area contributed by atoms with Crippen LogP contribution < -0.4 is 9.62 Å². The minimum atomic E-state index is -3.77. The predicted octanol–water partition coefficient (Wildman–Crippen LogP) is 5.64. The summed E-state index contributed by atoms with van der Waals surface area (Å²) in [6.45, 7) is 7.41. The molecule has 0 saturated heterocycles. The van der Waals surface area contributed by atoms with E-state index in [9.17, 15) is 18.0 Å². The first-order valence-corrected chi connectivity index (χ1v) is 17.3. The third-order valence-electron chi connectivity index (χ3n) is 9.56. The van der Waals surface area contributed by atoms with E-state index in [1.165, 1.54) is 53.3 Å². The molecule has 228 valence electrons. The Kier molecular flexibility index (Phi) is 8.49. The molecule has 0 heterocycles. The molecule has 2 aromatic rings. The topological polar surface area (TPSA) is 86.8 Å². The zero-order valence-corrected chi connectivity index (χ0v) is 26.6. The van der Waals surface area contributed by atoms with Crippen molar-refractivity contribution in [1.29, 1.82) is 0 Å². The van der Waals surface area contributed by atoms with Crippen molar-refractivity contribution in [2.75, 3.05) is 17.1 Å². The van der Waals surface area contributed by atoms with E-state index in [4.69, 9.17) is 0 Å². The van der Waals surface area contributed by atoms with Crippen molar-refractivity contribution in [2.45, 2.75) is 96.2 Å². The van der Waals surface area contributed by atoms with Gasteiger partial charge in [0.1, 0.15) is 12.6 Å². The summed E-state index contributed by atoms with van der Waals surface area (Å²) in [4.78, 5) is 28.9. The van der Waals surface area contributed by atoms with Crippen molar-refractivity contribution in [1.82, 2.24) is 10.2 Å². The number of nitrogens with one attached hydrogen (secondary N) is 1. The van der Waals surface area contributed by atoms with Gasteiger partial charge < -0.3 is 10.2 Å². The molecule has 1 N–H and O–H groups in total. The minimum absolute atomic E-state index is 0.207. The van der Waals surface area contributed by atoms with Gasteiger partial charge >= 0.3 is 0 Å². The van der Waals surface area contributed by atoms with Gasteiger partial charge in [0, 0.05) is 12.1 Å². The summed E-state index contributed by atoms with van der Waals surface area (Å²) in [5.74, 6) is 1.79. The van der Waals surface area contributed by atoms with Crippen LogP contribution in [0.2, 0.25) is 0 Å². The molecule has 6 rings (SSSR count). The molecule has 0 radical (unpaired) electrons. The van der Waals surface area contributed by atoms with Crippen molar-refractivity contribution in [2.24, 2.45) is 17.8 Å². The maximum absolute atomic E-state index is 14.0. The summed E-state index contributed by atoms with van der Waals surface area (Å²) in [5, 5.41) is 3.00. The molecule has 0 unspecified atom stereocenters. The maximum atomic E-state index is 14.0. The van der Waals surface area contributed by atoms with Crippen LogP contribution in [-0.4, -0.2) is 49.5 Å². The lowest BCUT2D eigenvalue weighted by Crippen LogP contribution is -2.55. The molecule has 4 bridgehead atoms. The monoisotopic (exact) mass is 593 g/mol. The molecule has 42 heavy (non-hydrogen) atoms. The van der Waals surface area contributed by atoms with Crippen LogP contribution >= 0.6 is 0 Å². The number of hydrogen-bond donors (Lipinski definition) is 1. The SMILES string of the molecule is CC[C@H](C(=O)NC(C)(C)C)N(Cc1ccccc1)C(=O)CN(c1ccc(C23CC4CC(CC(C4)C2)C3)cc1)S(C)(=O)=O. The number of carbonyl (C=O) groups is 2. The van der Waals surface area contributed by atoms with Gasteiger partial charge in [-0.3, -0.25) is 13.9 Å². The second kappa shape index (κ2) is 11.7. The Morgan fingerprint density at radius 3 is 1.95 bits per heavy atom. The summed E-state index contributed by atoms with van der Waals surface area (Å²) in [6, 6.07) is 16.7. The van der Waals surface area contributed by atoms with E-state index in [1.807, 2.05) is 70.2 Å². The molecule has 0 spiro atoms. The highest BCUT2D eigenvalue weighted by molar-refractivity contribution is 7.92. The molecular formula is C34H47N3O4S. The number of sulfonamides is 1. The molecule has 0 aliphatic heterocycles. The quantitative estimate of drug-likeness (QED) is 0.386. The van der Waals surface area contributed by atoms with Crippen LogP contribution in [0.25, 0.3) is 0 Å². The number of nitrogens with zero attached hydrogens (tertiary/aromatic N) is 2. The van der Waals surface area contributed by atoms with Crippen molar-refractivity contribution in [3.05, 3.63) is 65.7 Å². The maximum Gasteiger partial charge on any atom is 0.244 e. The Morgan fingerprint density at radius 1 is 0.929 bits per heavy atom. The van der Waals surface area contributed by atoms with Gasteiger partial charge in [0.25, 0.3) is 0 Å². The lowest BCUT2D eigenvalue weighted by Gasteiger charge is -2.57. The lowest BCUT2D eigenvalue weighted by molar-refractivity contribution is -0.141. The summed E-state index contributed by atoms with van der Waals surface area (Å²) >= 11 is 0. The van der Waals surface area contributed by atoms with Gasteiger partial charge in [-0.1, -0.05) is 49.4 Å². The van der Waals surface area contributed by atoms with Gasteiger partial charge in [0.2, 0.25) is 21.8 Å². The molecule has 8 heteroatoms. The zero-order chi connectivity index (χ0) is 30.3. The molecule has 4 saturated carbocycles. The Morgan fingerprint density at radius 2 is 1.48 bits per heavy atom.